The third kappa shape index (κ3) is 3.80. The average molecular weight is 310 g/mol. The van der Waals surface area contributed by atoms with Gasteiger partial charge in [0, 0.05) is 5.69 Å². The quantitative estimate of drug-likeness (QED) is 0.721. The number of benzene rings is 1. The Morgan fingerprint density at radius 1 is 1.00 bits per heavy atom. The Kier molecular flexibility index (Phi) is 5.78. The summed E-state index contributed by atoms with van der Waals surface area (Å²) in [6.45, 7) is 0. The van der Waals surface area contributed by atoms with Gasteiger partial charge in [-0.25, -0.2) is 0 Å². The Bertz CT molecular complexity index is 312. The fourth-order valence-corrected chi connectivity index (χ4v) is 9.82. The summed E-state index contributed by atoms with van der Waals surface area (Å²) in [5.41, 5.74) is 1.26. The zero-order chi connectivity index (χ0) is 11.2. The molecule has 1 saturated heterocycles. The second-order valence-corrected chi connectivity index (χ2v) is 10.6. The summed E-state index contributed by atoms with van der Waals surface area (Å²) < 4.78 is 5.16. The second-order valence-electron chi connectivity index (χ2n) is 2.94. The molecule has 1 fully saturated rings. The monoisotopic (exact) mass is 309 g/mol. The first-order valence-electron chi connectivity index (χ1n) is 4.53. The zero-order valence-corrected chi connectivity index (χ0v) is 12.7. The molecule has 0 atom stereocenters. The Morgan fingerprint density at radius 2 is 1.62 bits per heavy atom. The maximum Gasteiger partial charge on any atom is 0.119 e. The van der Waals surface area contributed by atoms with Crippen LogP contribution < -0.4 is 9.64 Å². The van der Waals surface area contributed by atoms with Crippen LogP contribution in [0.2, 0.25) is 0 Å². The predicted octanol–water partition coefficient (Wildman–Crippen LogP) is 4.76. The van der Waals surface area contributed by atoms with Crippen LogP contribution in [0.5, 0.6) is 5.75 Å². The van der Waals surface area contributed by atoms with E-state index in [-0.39, 0.29) is 0 Å². The molecule has 7 heteroatoms. The molecule has 0 radical (unpaired) electrons. The van der Waals surface area contributed by atoms with Crippen LogP contribution in [-0.4, -0.2) is 18.9 Å². The van der Waals surface area contributed by atoms with Crippen LogP contribution >= 0.6 is 51.1 Å². The van der Waals surface area contributed by atoms with Gasteiger partial charge in [0.05, 0.1) is 18.9 Å². The van der Waals surface area contributed by atoms with Crippen molar-refractivity contribution in [3.8, 4) is 5.75 Å². The highest BCUT2D eigenvalue weighted by atomic mass is 33.8. The minimum Gasteiger partial charge on any atom is -0.497 e. The van der Waals surface area contributed by atoms with Gasteiger partial charge in [-0.3, -0.25) is 0 Å². The van der Waals surface area contributed by atoms with E-state index in [1.54, 1.807) is 7.11 Å². The smallest absolute Gasteiger partial charge is 0.119 e. The molecule has 0 saturated carbocycles. The van der Waals surface area contributed by atoms with Gasteiger partial charge in [0.15, 0.2) is 0 Å². The van der Waals surface area contributed by atoms with Gasteiger partial charge in [-0.2, -0.15) is 0 Å². The van der Waals surface area contributed by atoms with E-state index in [0.717, 1.165) is 17.5 Å². The van der Waals surface area contributed by atoms with Crippen molar-refractivity contribution in [2.75, 3.05) is 23.8 Å². The maximum absolute atomic E-state index is 5.16. The van der Waals surface area contributed by atoms with Crippen LogP contribution in [0.25, 0.3) is 0 Å². The Labute approximate surface area is 115 Å². The molecule has 2 nitrogen and oxygen atoms in total. The van der Waals surface area contributed by atoms with Crippen LogP contribution in [0.4, 0.5) is 5.69 Å². The number of ether oxygens (including phenoxy) is 1. The van der Waals surface area contributed by atoms with Crippen molar-refractivity contribution in [1.29, 1.82) is 0 Å². The first kappa shape index (κ1) is 13.0. The van der Waals surface area contributed by atoms with Crippen molar-refractivity contribution in [2.45, 2.75) is 0 Å². The van der Waals surface area contributed by atoms with Gasteiger partial charge < -0.3 is 9.64 Å². The molecule has 1 aromatic carbocycles. The predicted molar refractivity (Wildman–Crippen MR) is 83.2 cm³/mol. The number of methoxy groups -OCH3 is 1. The number of hydrogen-bond donors (Lipinski definition) is 0. The minimum atomic E-state index is 0.912. The van der Waals surface area contributed by atoms with Gasteiger partial charge in [-0.15, -0.1) is 0 Å². The molecule has 0 N–H and O–H groups in total. The molecule has 0 aromatic heterocycles. The molecule has 0 unspecified atom stereocenters. The van der Waals surface area contributed by atoms with Gasteiger partial charge in [0.2, 0.25) is 0 Å². The van der Waals surface area contributed by atoms with Gasteiger partial charge in [0.1, 0.15) is 5.75 Å². The first-order valence-corrected chi connectivity index (χ1v) is 11.0. The Balaban J connectivity index is 2.02. The number of rotatable bonds is 2. The van der Waals surface area contributed by atoms with Crippen LogP contribution in [-0.2, 0) is 0 Å². The molecule has 2 rings (SSSR count). The summed E-state index contributed by atoms with van der Waals surface area (Å²) in [6.07, 6.45) is 0. The number of anilines is 1. The van der Waals surface area contributed by atoms with E-state index in [4.69, 9.17) is 4.74 Å². The van der Waals surface area contributed by atoms with Gasteiger partial charge in [-0.1, -0.05) is 21.6 Å². The van der Waals surface area contributed by atoms with Gasteiger partial charge >= 0.3 is 0 Å². The molecule has 0 amide bonds. The maximum atomic E-state index is 5.16. The number of nitrogens with zero attached hydrogens (tertiary/aromatic N) is 1. The van der Waals surface area contributed by atoms with E-state index in [0.29, 0.717) is 0 Å². The molecular formula is C9H11NOS5. The molecular weight excluding hydrogens is 298 g/mol. The van der Waals surface area contributed by atoms with E-state index in [2.05, 4.69) is 17.0 Å². The Morgan fingerprint density at radius 3 is 2.19 bits per heavy atom. The first-order chi connectivity index (χ1) is 7.90. The highest BCUT2D eigenvalue weighted by Crippen LogP contribution is 2.51. The summed E-state index contributed by atoms with van der Waals surface area (Å²) in [5.74, 6) is 2.96. The molecule has 88 valence electrons. The normalized spacial score (nSPS) is 17.7. The molecule has 0 spiro atoms. The summed E-state index contributed by atoms with van der Waals surface area (Å²) in [4.78, 5) is 2.37. The second kappa shape index (κ2) is 7.10. The van der Waals surface area contributed by atoms with Gasteiger partial charge in [-0.05, 0) is 53.7 Å². The SMILES string of the molecule is COc1ccc(N2CSSSSSC2)cc1. The average Bonchev–Trinajstić information content (AvgIpc) is 2.29. The molecule has 1 aromatic rings. The van der Waals surface area contributed by atoms with E-state index < -0.39 is 0 Å². The van der Waals surface area contributed by atoms with E-state index in [9.17, 15) is 0 Å². The van der Waals surface area contributed by atoms with Crippen LogP contribution in [0, 0.1) is 0 Å². The summed E-state index contributed by atoms with van der Waals surface area (Å²) in [7, 11) is 11.0. The van der Waals surface area contributed by atoms with Crippen molar-refractivity contribution in [1.82, 2.24) is 0 Å². The van der Waals surface area contributed by atoms with Crippen molar-refractivity contribution in [3.63, 3.8) is 0 Å². The third-order valence-electron chi connectivity index (χ3n) is 2.01. The topological polar surface area (TPSA) is 12.5 Å². The molecule has 16 heavy (non-hydrogen) atoms. The summed E-state index contributed by atoms with van der Waals surface area (Å²) in [5, 5.41) is 0. The molecule has 1 aliphatic rings. The van der Waals surface area contributed by atoms with Gasteiger partial charge in [0.25, 0.3) is 0 Å². The van der Waals surface area contributed by atoms with Crippen LogP contribution in [0.1, 0.15) is 0 Å². The molecule has 0 bridgehead atoms. The van der Waals surface area contributed by atoms with Crippen LogP contribution in [0.3, 0.4) is 0 Å². The molecule has 1 heterocycles. The number of hydrogen-bond acceptors (Lipinski definition) is 7. The fourth-order valence-electron chi connectivity index (χ4n) is 1.20. The highest BCUT2D eigenvalue weighted by Gasteiger charge is 2.10. The molecule has 0 aliphatic carbocycles. The lowest BCUT2D eigenvalue weighted by Crippen LogP contribution is -2.21. The lowest BCUT2D eigenvalue weighted by molar-refractivity contribution is 0.415. The van der Waals surface area contributed by atoms with Crippen molar-refractivity contribution in [3.05, 3.63) is 24.3 Å². The fraction of sp³-hybridized carbons (Fsp3) is 0.333. The van der Waals surface area contributed by atoms with Crippen LogP contribution in [0.15, 0.2) is 24.3 Å². The summed E-state index contributed by atoms with van der Waals surface area (Å²) in [6, 6.07) is 8.25. The Hall–Kier alpha value is 0.570. The van der Waals surface area contributed by atoms with Crippen molar-refractivity contribution >= 4 is 56.8 Å². The van der Waals surface area contributed by atoms with Crippen molar-refractivity contribution < 1.29 is 4.74 Å². The van der Waals surface area contributed by atoms with E-state index in [1.165, 1.54) is 5.69 Å². The van der Waals surface area contributed by atoms with E-state index in [1.807, 2.05) is 63.2 Å². The lowest BCUT2D eigenvalue weighted by Gasteiger charge is -2.24. The van der Waals surface area contributed by atoms with E-state index >= 15 is 0 Å². The third-order valence-corrected chi connectivity index (χ3v) is 10.4. The largest absolute Gasteiger partial charge is 0.497 e. The minimum absolute atomic E-state index is 0.912. The summed E-state index contributed by atoms with van der Waals surface area (Å²) >= 11 is 0. The standard InChI is InChI=1S/C9H11NOS5/c1-11-9-4-2-8(3-5-9)10-6-12-14-16-15-13-7-10/h2-5H,6-7H2,1H3. The lowest BCUT2D eigenvalue weighted by atomic mass is 10.3. The zero-order valence-electron chi connectivity index (χ0n) is 8.62. The van der Waals surface area contributed by atoms with Crippen molar-refractivity contribution in [2.24, 2.45) is 0 Å². The molecule has 1 aliphatic heterocycles. The highest BCUT2D eigenvalue weighted by molar-refractivity contribution is 9.35.